The van der Waals surface area contributed by atoms with E-state index in [-0.39, 0.29) is 16.0 Å². The molecule has 0 atom stereocenters. The molecule has 0 unspecified atom stereocenters. The van der Waals surface area contributed by atoms with Crippen molar-refractivity contribution in [1.82, 2.24) is 4.57 Å². The van der Waals surface area contributed by atoms with Crippen molar-refractivity contribution in [1.29, 1.82) is 0 Å². The molecule has 1 aliphatic heterocycles. The van der Waals surface area contributed by atoms with E-state index in [2.05, 4.69) is 60.9 Å². The van der Waals surface area contributed by atoms with Crippen molar-refractivity contribution in [3.8, 4) is 16.8 Å². The van der Waals surface area contributed by atoms with Crippen molar-refractivity contribution < 1.29 is 4.92 Å². The van der Waals surface area contributed by atoms with Crippen molar-refractivity contribution in [2.24, 2.45) is 0 Å². The minimum Gasteiger partial charge on any atom is -0.312 e. The molecule has 0 N–H and O–H groups in total. The number of nitro benzene ring substituents is 1. The molecule has 0 fully saturated rings. The smallest absolute Gasteiger partial charge is 0.277 e. The maximum absolute atomic E-state index is 11.4. The van der Waals surface area contributed by atoms with Gasteiger partial charge in [0, 0.05) is 28.2 Å². The molecule has 2 heterocycles. The number of nitro groups is 1. The van der Waals surface area contributed by atoms with Gasteiger partial charge in [0.2, 0.25) is 0 Å². The number of nitrogens with zero attached hydrogens (tertiary/aromatic N) is 2. The highest BCUT2D eigenvalue weighted by atomic mass is 16.6. The van der Waals surface area contributed by atoms with Crippen LogP contribution in [0.2, 0.25) is 0 Å². The Morgan fingerprint density at radius 2 is 1.67 bits per heavy atom. The zero-order chi connectivity index (χ0) is 18.8. The summed E-state index contributed by atoms with van der Waals surface area (Å²) >= 11 is 0. The quantitative estimate of drug-likeness (QED) is 0.335. The molecular weight excluding hydrogens is 336 g/mol. The van der Waals surface area contributed by atoms with Crippen LogP contribution < -0.4 is 0 Å². The van der Waals surface area contributed by atoms with E-state index in [1.807, 2.05) is 18.2 Å². The molecule has 0 aliphatic carbocycles. The van der Waals surface area contributed by atoms with E-state index >= 15 is 0 Å². The number of fused-ring (bicyclic) bond motifs is 5. The van der Waals surface area contributed by atoms with Gasteiger partial charge in [-0.1, -0.05) is 56.3 Å². The topological polar surface area (TPSA) is 48.1 Å². The zero-order valence-corrected chi connectivity index (χ0v) is 15.1. The number of rotatable bonds is 2. The van der Waals surface area contributed by atoms with E-state index in [0.717, 1.165) is 16.5 Å². The van der Waals surface area contributed by atoms with Crippen molar-refractivity contribution in [3.05, 3.63) is 94.2 Å². The number of para-hydroxylation sites is 2. The molecule has 4 nitrogen and oxygen atoms in total. The number of hydrogen-bond donors (Lipinski definition) is 0. The third kappa shape index (κ3) is 2.10. The predicted octanol–water partition coefficient (Wildman–Crippen LogP) is 5.85. The highest BCUT2D eigenvalue weighted by Crippen LogP contribution is 2.46. The summed E-state index contributed by atoms with van der Waals surface area (Å²) in [5, 5.41) is 12.6. The summed E-state index contributed by atoms with van der Waals surface area (Å²) in [5.74, 6) is 0. The largest absolute Gasteiger partial charge is 0.312 e. The highest BCUT2D eigenvalue weighted by molar-refractivity contribution is 5.91. The Kier molecular flexibility index (Phi) is 3.11. The molecule has 0 radical (unpaired) electrons. The number of aromatic nitrogens is 1. The first-order valence-electron chi connectivity index (χ1n) is 8.98. The van der Waals surface area contributed by atoms with Crippen LogP contribution in [0.5, 0.6) is 0 Å². The second kappa shape index (κ2) is 5.30. The Hall–Kier alpha value is -3.40. The Labute approximate surface area is 156 Å². The molecule has 0 bridgehead atoms. The predicted molar refractivity (Wildman–Crippen MR) is 107 cm³/mol. The fourth-order valence-electron chi connectivity index (χ4n) is 4.30. The van der Waals surface area contributed by atoms with Gasteiger partial charge in [0.15, 0.2) is 0 Å². The number of hydrogen-bond acceptors (Lipinski definition) is 2. The molecule has 1 aromatic heterocycles. The average Bonchev–Trinajstić information content (AvgIpc) is 3.16. The monoisotopic (exact) mass is 354 g/mol. The summed E-state index contributed by atoms with van der Waals surface area (Å²) in [7, 11) is 0. The molecule has 1 aliphatic rings. The third-order valence-corrected chi connectivity index (χ3v) is 5.67. The first-order valence-corrected chi connectivity index (χ1v) is 8.98. The van der Waals surface area contributed by atoms with Crippen LogP contribution in [-0.4, -0.2) is 9.49 Å². The minimum absolute atomic E-state index is 0.0749. The normalized spacial score (nSPS) is 14.1. The molecule has 0 saturated heterocycles. The van der Waals surface area contributed by atoms with Crippen LogP contribution in [0, 0.1) is 10.1 Å². The first-order chi connectivity index (χ1) is 13.0. The lowest BCUT2D eigenvalue weighted by Crippen LogP contribution is -2.14. The molecule has 5 rings (SSSR count). The van der Waals surface area contributed by atoms with E-state index in [1.165, 1.54) is 16.9 Å². The van der Waals surface area contributed by atoms with Crippen LogP contribution in [0.4, 0.5) is 5.69 Å². The standard InChI is InChI=1S/C23H18N2O2/c1-23(2)18-8-4-6-10-20(18)24-21-13-15(11-12-16(21)14-22(23)24)17-7-3-5-9-19(17)25(26)27/h3-14H,1-2H3. The summed E-state index contributed by atoms with van der Waals surface area (Å²) in [5.41, 5.74) is 6.38. The summed E-state index contributed by atoms with van der Waals surface area (Å²) in [4.78, 5) is 11.1. The first kappa shape index (κ1) is 15.8. The van der Waals surface area contributed by atoms with Gasteiger partial charge in [-0.15, -0.1) is 0 Å². The Morgan fingerprint density at radius 1 is 0.926 bits per heavy atom. The highest BCUT2D eigenvalue weighted by Gasteiger charge is 2.36. The van der Waals surface area contributed by atoms with E-state index in [9.17, 15) is 10.1 Å². The van der Waals surface area contributed by atoms with Crippen molar-refractivity contribution in [2.45, 2.75) is 19.3 Å². The van der Waals surface area contributed by atoms with E-state index in [4.69, 9.17) is 0 Å². The van der Waals surface area contributed by atoms with E-state index < -0.39 is 0 Å². The van der Waals surface area contributed by atoms with Gasteiger partial charge in [0.1, 0.15) is 0 Å². The van der Waals surface area contributed by atoms with E-state index in [1.54, 1.807) is 12.1 Å². The molecule has 4 heteroatoms. The fraction of sp³-hybridized carbons (Fsp3) is 0.130. The van der Waals surface area contributed by atoms with Gasteiger partial charge < -0.3 is 4.57 Å². The Balaban J connectivity index is 1.80. The minimum atomic E-state index is -0.319. The lowest BCUT2D eigenvalue weighted by Gasteiger charge is -2.18. The fourth-order valence-corrected chi connectivity index (χ4v) is 4.30. The third-order valence-electron chi connectivity index (χ3n) is 5.67. The van der Waals surface area contributed by atoms with Crippen molar-refractivity contribution in [3.63, 3.8) is 0 Å². The van der Waals surface area contributed by atoms with Crippen LogP contribution in [0.15, 0.2) is 72.8 Å². The maximum atomic E-state index is 11.4. The second-order valence-corrected chi connectivity index (χ2v) is 7.55. The summed E-state index contributed by atoms with van der Waals surface area (Å²) in [6, 6.07) is 23.7. The molecule has 3 aromatic carbocycles. The van der Waals surface area contributed by atoms with Gasteiger partial charge in [-0.3, -0.25) is 10.1 Å². The van der Waals surface area contributed by atoms with Gasteiger partial charge in [-0.05, 0) is 35.4 Å². The van der Waals surface area contributed by atoms with Crippen LogP contribution in [0.3, 0.4) is 0 Å². The lowest BCUT2D eigenvalue weighted by molar-refractivity contribution is -0.384. The Bertz CT molecular complexity index is 1230. The molecule has 0 saturated carbocycles. The van der Waals surface area contributed by atoms with E-state index in [0.29, 0.717) is 5.56 Å². The van der Waals surface area contributed by atoms with Crippen LogP contribution >= 0.6 is 0 Å². The van der Waals surface area contributed by atoms with Gasteiger partial charge in [-0.25, -0.2) is 0 Å². The second-order valence-electron chi connectivity index (χ2n) is 7.55. The summed E-state index contributed by atoms with van der Waals surface area (Å²) in [6.07, 6.45) is 0. The molecule has 27 heavy (non-hydrogen) atoms. The summed E-state index contributed by atoms with van der Waals surface area (Å²) in [6.45, 7) is 4.49. The molecule has 0 amide bonds. The van der Waals surface area contributed by atoms with Crippen LogP contribution in [0.1, 0.15) is 25.1 Å². The van der Waals surface area contributed by atoms with Gasteiger partial charge in [0.05, 0.1) is 16.0 Å². The molecule has 132 valence electrons. The number of benzene rings is 3. The van der Waals surface area contributed by atoms with Crippen LogP contribution in [0.25, 0.3) is 27.7 Å². The average molecular weight is 354 g/mol. The lowest BCUT2D eigenvalue weighted by atomic mass is 9.83. The van der Waals surface area contributed by atoms with Crippen molar-refractivity contribution in [2.75, 3.05) is 0 Å². The van der Waals surface area contributed by atoms with Crippen LogP contribution in [-0.2, 0) is 5.41 Å². The molecule has 4 aromatic rings. The van der Waals surface area contributed by atoms with Gasteiger partial charge >= 0.3 is 0 Å². The maximum Gasteiger partial charge on any atom is 0.277 e. The summed E-state index contributed by atoms with van der Waals surface area (Å²) < 4.78 is 2.29. The zero-order valence-electron chi connectivity index (χ0n) is 15.1. The van der Waals surface area contributed by atoms with Gasteiger partial charge in [0.25, 0.3) is 5.69 Å². The SMILES string of the molecule is CC1(C)c2ccccc2-n2c1cc1ccc(-c3ccccc3[N+](=O)[O-])cc12. The Morgan fingerprint density at radius 3 is 2.48 bits per heavy atom. The molecule has 0 spiro atoms. The van der Waals surface area contributed by atoms with Crippen molar-refractivity contribution >= 4 is 16.6 Å². The molecular formula is C23H18N2O2. The van der Waals surface area contributed by atoms with Gasteiger partial charge in [-0.2, -0.15) is 0 Å².